The molecule has 0 unspecified atom stereocenters. The predicted molar refractivity (Wildman–Crippen MR) is 84.4 cm³/mol. The largest absolute Gasteiger partial charge is 0.330 e. The Kier molecular flexibility index (Phi) is 3.75. The fourth-order valence-electron chi connectivity index (χ4n) is 2.47. The Morgan fingerprint density at radius 3 is 2.67 bits per heavy atom. The fraction of sp³-hybridized carbons (Fsp3) is 0.111. The van der Waals surface area contributed by atoms with Gasteiger partial charge in [-0.2, -0.15) is 0 Å². The highest BCUT2D eigenvalue weighted by atomic mass is 16.1. The number of para-hydroxylation sites is 1. The van der Waals surface area contributed by atoms with E-state index in [4.69, 9.17) is 5.73 Å². The lowest BCUT2D eigenvalue weighted by atomic mass is 9.97. The van der Waals surface area contributed by atoms with Gasteiger partial charge < -0.3 is 5.73 Å². The van der Waals surface area contributed by atoms with Crippen LogP contribution < -0.4 is 5.73 Å². The minimum Gasteiger partial charge on any atom is -0.330 e. The molecule has 1 aromatic heterocycles. The van der Waals surface area contributed by atoms with E-state index in [9.17, 15) is 4.79 Å². The van der Waals surface area contributed by atoms with Crippen LogP contribution in [0.3, 0.4) is 0 Å². The zero-order chi connectivity index (χ0) is 14.7. The van der Waals surface area contributed by atoms with Crippen LogP contribution in [0.25, 0.3) is 10.9 Å². The van der Waals surface area contributed by atoms with Gasteiger partial charge in [-0.15, -0.1) is 0 Å². The number of rotatable bonds is 4. The summed E-state index contributed by atoms with van der Waals surface area (Å²) in [4.78, 5) is 17.1. The van der Waals surface area contributed by atoms with Crippen molar-refractivity contribution in [3.8, 4) is 0 Å². The van der Waals surface area contributed by atoms with E-state index in [-0.39, 0.29) is 5.78 Å². The number of nitrogens with zero attached hydrogens (tertiary/aromatic N) is 1. The van der Waals surface area contributed by atoms with Crippen LogP contribution >= 0.6 is 0 Å². The average molecular weight is 276 g/mol. The van der Waals surface area contributed by atoms with Crippen LogP contribution in [-0.4, -0.2) is 17.3 Å². The lowest BCUT2D eigenvalue weighted by Gasteiger charge is -2.08. The molecule has 0 aliphatic carbocycles. The molecule has 0 aliphatic rings. The van der Waals surface area contributed by atoms with Gasteiger partial charge in [-0.1, -0.05) is 42.5 Å². The van der Waals surface area contributed by atoms with E-state index < -0.39 is 0 Å². The highest BCUT2D eigenvalue weighted by Gasteiger charge is 2.13. The Morgan fingerprint density at radius 1 is 1.05 bits per heavy atom. The SMILES string of the molecule is NCCc1ccccc1C(=O)c1cnc2ccccc2c1. The Bertz CT molecular complexity index is 796. The first-order valence-corrected chi connectivity index (χ1v) is 6.97. The molecule has 3 heteroatoms. The molecule has 3 rings (SSSR count). The van der Waals surface area contributed by atoms with Crippen molar-refractivity contribution in [3.05, 3.63) is 77.5 Å². The van der Waals surface area contributed by atoms with E-state index in [2.05, 4.69) is 4.98 Å². The van der Waals surface area contributed by atoms with Gasteiger partial charge in [-0.05, 0) is 30.7 Å². The van der Waals surface area contributed by atoms with E-state index in [1.807, 2.05) is 54.6 Å². The minimum absolute atomic E-state index is 0.00250. The van der Waals surface area contributed by atoms with E-state index >= 15 is 0 Å². The van der Waals surface area contributed by atoms with Gasteiger partial charge in [-0.3, -0.25) is 9.78 Å². The average Bonchev–Trinajstić information content (AvgIpc) is 2.54. The summed E-state index contributed by atoms with van der Waals surface area (Å²) in [5, 5.41) is 0.972. The fourth-order valence-corrected chi connectivity index (χ4v) is 2.47. The van der Waals surface area contributed by atoms with Crippen molar-refractivity contribution in [1.82, 2.24) is 4.98 Å². The molecule has 0 saturated carbocycles. The van der Waals surface area contributed by atoms with Crippen LogP contribution in [0.4, 0.5) is 0 Å². The first-order chi connectivity index (χ1) is 10.3. The molecule has 2 aromatic carbocycles. The van der Waals surface area contributed by atoms with Gasteiger partial charge in [0.05, 0.1) is 5.52 Å². The van der Waals surface area contributed by atoms with Crippen LogP contribution in [0.5, 0.6) is 0 Å². The second kappa shape index (κ2) is 5.85. The Morgan fingerprint density at radius 2 is 1.81 bits per heavy atom. The number of fused-ring (bicyclic) bond motifs is 1. The van der Waals surface area contributed by atoms with E-state index in [0.717, 1.165) is 16.5 Å². The van der Waals surface area contributed by atoms with Crippen molar-refractivity contribution < 1.29 is 4.79 Å². The molecule has 3 aromatic rings. The Hall–Kier alpha value is -2.52. The summed E-state index contributed by atoms with van der Waals surface area (Å²) in [6.45, 7) is 0.528. The molecular formula is C18H16N2O. The molecule has 0 aliphatic heterocycles. The second-order valence-electron chi connectivity index (χ2n) is 4.94. The smallest absolute Gasteiger partial charge is 0.194 e. The third-order valence-electron chi connectivity index (χ3n) is 3.53. The zero-order valence-electron chi connectivity index (χ0n) is 11.6. The second-order valence-corrected chi connectivity index (χ2v) is 4.94. The van der Waals surface area contributed by atoms with E-state index in [1.165, 1.54) is 0 Å². The lowest BCUT2D eigenvalue weighted by Crippen LogP contribution is -2.10. The Balaban J connectivity index is 2.04. The molecule has 0 atom stereocenters. The standard InChI is InChI=1S/C18H16N2O/c19-10-9-13-5-1-3-7-16(13)18(21)15-11-14-6-2-4-8-17(14)20-12-15/h1-8,11-12H,9-10,19H2. The summed E-state index contributed by atoms with van der Waals surface area (Å²) < 4.78 is 0. The molecule has 3 nitrogen and oxygen atoms in total. The van der Waals surface area contributed by atoms with Crippen LogP contribution in [0.2, 0.25) is 0 Å². The zero-order valence-corrected chi connectivity index (χ0v) is 11.6. The lowest BCUT2D eigenvalue weighted by molar-refractivity contribution is 0.103. The predicted octanol–water partition coefficient (Wildman–Crippen LogP) is 2.97. The maximum absolute atomic E-state index is 12.7. The van der Waals surface area contributed by atoms with Gasteiger partial charge in [-0.25, -0.2) is 0 Å². The molecule has 0 saturated heterocycles. The summed E-state index contributed by atoms with van der Waals surface area (Å²) in [7, 11) is 0. The molecule has 0 bridgehead atoms. The highest BCUT2D eigenvalue weighted by molar-refractivity contribution is 6.11. The third-order valence-corrected chi connectivity index (χ3v) is 3.53. The maximum atomic E-state index is 12.7. The molecular weight excluding hydrogens is 260 g/mol. The Labute approximate surface area is 123 Å². The maximum Gasteiger partial charge on any atom is 0.194 e. The minimum atomic E-state index is -0.00250. The molecule has 0 spiro atoms. The molecule has 104 valence electrons. The summed E-state index contributed by atoms with van der Waals surface area (Å²) in [6, 6.07) is 17.3. The quantitative estimate of drug-likeness (QED) is 0.745. The summed E-state index contributed by atoms with van der Waals surface area (Å²) in [6.07, 6.45) is 2.34. The molecule has 0 amide bonds. The van der Waals surface area contributed by atoms with Crippen molar-refractivity contribution in [2.75, 3.05) is 6.54 Å². The molecule has 0 radical (unpaired) electrons. The van der Waals surface area contributed by atoms with Gasteiger partial charge in [0, 0.05) is 22.7 Å². The number of hydrogen-bond donors (Lipinski definition) is 1. The molecule has 1 heterocycles. The first-order valence-electron chi connectivity index (χ1n) is 6.97. The molecule has 0 fully saturated rings. The van der Waals surface area contributed by atoms with Crippen LogP contribution in [0.1, 0.15) is 21.5 Å². The van der Waals surface area contributed by atoms with Crippen LogP contribution in [0, 0.1) is 0 Å². The number of carbonyl (C=O) groups excluding carboxylic acids is 1. The van der Waals surface area contributed by atoms with Gasteiger partial charge in [0.25, 0.3) is 0 Å². The number of pyridine rings is 1. The number of nitrogens with two attached hydrogens (primary N) is 1. The van der Waals surface area contributed by atoms with Gasteiger partial charge >= 0.3 is 0 Å². The van der Waals surface area contributed by atoms with Crippen molar-refractivity contribution in [1.29, 1.82) is 0 Å². The van der Waals surface area contributed by atoms with Gasteiger partial charge in [0.15, 0.2) is 5.78 Å². The topological polar surface area (TPSA) is 56.0 Å². The number of hydrogen-bond acceptors (Lipinski definition) is 3. The first kappa shape index (κ1) is 13.5. The van der Waals surface area contributed by atoms with Crippen molar-refractivity contribution in [2.45, 2.75) is 6.42 Å². The van der Waals surface area contributed by atoms with Gasteiger partial charge in [0.2, 0.25) is 0 Å². The van der Waals surface area contributed by atoms with Crippen LogP contribution in [-0.2, 0) is 6.42 Å². The number of ketones is 1. The molecule has 21 heavy (non-hydrogen) atoms. The van der Waals surface area contributed by atoms with Gasteiger partial charge in [0.1, 0.15) is 0 Å². The summed E-state index contributed by atoms with van der Waals surface area (Å²) in [5.41, 5.74) is 8.81. The third kappa shape index (κ3) is 2.69. The number of carbonyl (C=O) groups is 1. The van der Waals surface area contributed by atoms with Crippen molar-refractivity contribution in [3.63, 3.8) is 0 Å². The van der Waals surface area contributed by atoms with E-state index in [1.54, 1.807) is 6.20 Å². The van der Waals surface area contributed by atoms with Crippen molar-refractivity contribution in [2.24, 2.45) is 5.73 Å². The summed E-state index contributed by atoms with van der Waals surface area (Å²) >= 11 is 0. The monoisotopic (exact) mass is 276 g/mol. The highest BCUT2D eigenvalue weighted by Crippen LogP contribution is 2.18. The normalized spacial score (nSPS) is 10.7. The van der Waals surface area contributed by atoms with Crippen molar-refractivity contribution >= 4 is 16.7 Å². The number of aromatic nitrogens is 1. The van der Waals surface area contributed by atoms with E-state index in [0.29, 0.717) is 24.1 Å². The van der Waals surface area contributed by atoms with Crippen LogP contribution in [0.15, 0.2) is 60.8 Å². The number of benzene rings is 2. The summed E-state index contributed by atoms with van der Waals surface area (Å²) in [5.74, 6) is -0.00250. The molecule has 2 N–H and O–H groups in total.